The molecule has 1 aromatic rings. The van der Waals surface area contributed by atoms with Gasteiger partial charge in [-0.1, -0.05) is 13.8 Å². The lowest BCUT2D eigenvalue weighted by molar-refractivity contribution is 0.167. The highest BCUT2D eigenvalue weighted by Crippen LogP contribution is 2.33. The van der Waals surface area contributed by atoms with Gasteiger partial charge in [-0.2, -0.15) is 0 Å². The van der Waals surface area contributed by atoms with Gasteiger partial charge >= 0.3 is 0 Å². The lowest BCUT2D eigenvalue weighted by atomic mass is 9.73. The van der Waals surface area contributed by atoms with Gasteiger partial charge in [0.25, 0.3) is 0 Å². The number of aromatic nitrogens is 1. The Morgan fingerprint density at radius 3 is 2.60 bits per heavy atom. The van der Waals surface area contributed by atoms with Crippen molar-refractivity contribution in [2.45, 2.75) is 39.3 Å². The summed E-state index contributed by atoms with van der Waals surface area (Å²) in [6, 6.07) is 4.89. The van der Waals surface area contributed by atoms with Crippen LogP contribution in [0.5, 0.6) is 0 Å². The first kappa shape index (κ1) is 10.6. The molecule has 0 radical (unpaired) electrons. The predicted octanol–water partition coefficient (Wildman–Crippen LogP) is 2.61. The first-order chi connectivity index (χ1) is 7.25. The van der Waals surface area contributed by atoms with Gasteiger partial charge in [0.2, 0.25) is 0 Å². The van der Waals surface area contributed by atoms with Gasteiger partial charge in [0.15, 0.2) is 0 Å². The van der Waals surface area contributed by atoms with E-state index in [-0.39, 0.29) is 0 Å². The van der Waals surface area contributed by atoms with Crippen molar-refractivity contribution in [3.8, 4) is 0 Å². The number of nitrogens with zero attached hydrogens (tertiary/aromatic N) is 1. The third kappa shape index (κ3) is 2.78. The Morgan fingerprint density at radius 2 is 2.00 bits per heavy atom. The summed E-state index contributed by atoms with van der Waals surface area (Å²) in [7, 11) is 0. The fourth-order valence-corrected chi connectivity index (χ4v) is 2.14. The van der Waals surface area contributed by atoms with Gasteiger partial charge in [0, 0.05) is 25.0 Å². The van der Waals surface area contributed by atoms with Gasteiger partial charge in [0.05, 0.1) is 0 Å². The fourth-order valence-electron chi connectivity index (χ4n) is 2.14. The summed E-state index contributed by atoms with van der Waals surface area (Å²) in [5.74, 6) is 1.80. The Balaban J connectivity index is 1.69. The van der Waals surface area contributed by atoms with Crippen molar-refractivity contribution in [2.24, 2.45) is 11.8 Å². The van der Waals surface area contributed by atoms with Crippen LogP contribution in [0.3, 0.4) is 0 Å². The maximum atomic E-state index is 4.01. The Kier molecular flexibility index (Phi) is 3.37. The van der Waals surface area contributed by atoms with Gasteiger partial charge in [-0.25, -0.2) is 0 Å². The summed E-state index contributed by atoms with van der Waals surface area (Å²) in [4.78, 5) is 4.01. The van der Waals surface area contributed by atoms with E-state index in [2.05, 4.69) is 36.3 Å². The molecule has 0 amide bonds. The minimum absolute atomic E-state index is 0.741. The summed E-state index contributed by atoms with van der Waals surface area (Å²) in [5, 5.41) is 3.59. The summed E-state index contributed by atoms with van der Waals surface area (Å²) in [5.41, 5.74) is 1.33. The van der Waals surface area contributed by atoms with Gasteiger partial charge in [-0.05, 0) is 42.4 Å². The highest BCUT2D eigenvalue weighted by atomic mass is 14.9. The lowest BCUT2D eigenvalue weighted by Crippen LogP contribution is -2.42. The van der Waals surface area contributed by atoms with E-state index in [1.165, 1.54) is 18.4 Å². The van der Waals surface area contributed by atoms with E-state index in [0.717, 1.165) is 24.4 Å². The zero-order chi connectivity index (χ0) is 10.7. The largest absolute Gasteiger partial charge is 0.310 e. The van der Waals surface area contributed by atoms with Crippen molar-refractivity contribution in [3.05, 3.63) is 30.1 Å². The first-order valence-corrected chi connectivity index (χ1v) is 5.88. The van der Waals surface area contributed by atoms with Crippen molar-refractivity contribution < 1.29 is 0 Å². The maximum Gasteiger partial charge on any atom is 0.0271 e. The molecule has 1 N–H and O–H groups in total. The second-order valence-corrected chi connectivity index (χ2v) is 4.91. The minimum atomic E-state index is 0.741. The quantitative estimate of drug-likeness (QED) is 0.815. The van der Waals surface area contributed by atoms with Crippen molar-refractivity contribution in [2.75, 3.05) is 0 Å². The smallest absolute Gasteiger partial charge is 0.0271 e. The molecule has 0 unspecified atom stereocenters. The molecule has 2 heteroatoms. The molecule has 0 spiro atoms. The molecule has 1 heterocycles. The molecule has 2 rings (SSSR count). The van der Waals surface area contributed by atoms with E-state index >= 15 is 0 Å². The average molecular weight is 204 g/mol. The molecule has 2 nitrogen and oxygen atoms in total. The Labute approximate surface area is 92.1 Å². The zero-order valence-corrected chi connectivity index (χ0v) is 9.61. The highest BCUT2D eigenvalue weighted by Gasteiger charge is 2.30. The van der Waals surface area contributed by atoms with Gasteiger partial charge in [-0.15, -0.1) is 0 Å². The molecular weight excluding hydrogens is 184 g/mol. The van der Waals surface area contributed by atoms with Crippen LogP contribution in [0.4, 0.5) is 0 Å². The van der Waals surface area contributed by atoms with E-state index in [4.69, 9.17) is 0 Å². The molecule has 0 aliphatic heterocycles. The third-order valence-electron chi connectivity index (χ3n) is 3.46. The Bertz CT molecular complexity index is 289. The molecule has 15 heavy (non-hydrogen) atoms. The van der Waals surface area contributed by atoms with Crippen molar-refractivity contribution >= 4 is 0 Å². The normalized spacial score (nSPS) is 25.3. The molecule has 0 bridgehead atoms. The molecule has 1 aliphatic rings. The number of nitrogens with one attached hydrogen (secondary N) is 1. The molecular formula is C13H20N2. The third-order valence-corrected chi connectivity index (χ3v) is 3.46. The number of hydrogen-bond donors (Lipinski definition) is 1. The summed E-state index contributed by atoms with van der Waals surface area (Å²) in [6.07, 6.45) is 6.41. The summed E-state index contributed by atoms with van der Waals surface area (Å²) < 4.78 is 0. The maximum absolute atomic E-state index is 4.01. The van der Waals surface area contributed by atoms with Crippen LogP contribution in [0.2, 0.25) is 0 Å². The van der Waals surface area contributed by atoms with Crippen LogP contribution in [0, 0.1) is 11.8 Å². The first-order valence-electron chi connectivity index (χ1n) is 5.88. The molecule has 1 aromatic heterocycles. The Hall–Kier alpha value is -0.890. The number of hydrogen-bond acceptors (Lipinski definition) is 2. The second kappa shape index (κ2) is 4.75. The molecule has 82 valence electrons. The van der Waals surface area contributed by atoms with Crippen LogP contribution in [0.1, 0.15) is 32.3 Å². The van der Waals surface area contributed by atoms with Crippen LogP contribution < -0.4 is 5.32 Å². The lowest BCUT2D eigenvalue weighted by Gasteiger charge is -2.38. The van der Waals surface area contributed by atoms with E-state index in [1.807, 2.05) is 12.4 Å². The molecule has 1 fully saturated rings. The van der Waals surface area contributed by atoms with E-state index < -0.39 is 0 Å². The summed E-state index contributed by atoms with van der Waals surface area (Å²) >= 11 is 0. The van der Waals surface area contributed by atoms with Crippen molar-refractivity contribution in [1.29, 1.82) is 0 Å². The molecule has 1 aliphatic carbocycles. The van der Waals surface area contributed by atoms with E-state index in [0.29, 0.717) is 0 Å². The minimum Gasteiger partial charge on any atom is -0.310 e. The van der Waals surface area contributed by atoms with Crippen LogP contribution in [0.25, 0.3) is 0 Å². The Morgan fingerprint density at radius 1 is 1.33 bits per heavy atom. The summed E-state index contributed by atoms with van der Waals surface area (Å²) in [6.45, 7) is 5.63. The predicted molar refractivity (Wildman–Crippen MR) is 62.4 cm³/mol. The zero-order valence-electron chi connectivity index (χ0n) is 9.61. The van der Waals surface area contributed by atoms with E-state index in [1.54, 1.807) is 0 Å². The molecule has 0 saturated heterocycles. The van der Waals surface area contributed by atoms with Crippen molar-refractivity contribution in [3.63, 3.8) is 0 Å². The number of pyridine rings is 1. The van der Waals surface area contributed by atoms with Gasteiger partial charge < -0.3 is 5.32 Å². The van der Waals surface area contributed by atoms with Crippen LogP contribution >= 0.6 is 0 Å². The highest BCUT2D eigenvalue weighted by molar-refractivity contribution is 5.09. The average Bonchev–Trinajstić information content (AvgIpc) is 2.16. The van der Waals surface area contributed by atoms with E-state index in [9.17, 15) is 0 Å². The van der Waals surface area contributed by atoms with Crippen LogP contribution in [-0.2, 0) is 6.54 Å². The monoisotopic (exact) mass is 204 g/mol. The molecule has 0 aromatic carbocycles. The van der Waals surface area contributed by atoms with Crippen LogP contribution in [0.15, 0.2) is 24.5 Å². The van der Waals surface area contributed by atoms with Crippen LogP contribution in [-0.4, -0.2) is 11.0 Å². The number of rotatable bonds is 4. The standard InChI is InChI=1S/C13H20N2/c1-10(2)12-7-13(8-12)15-9-11-3-5-14-6-4-11/h3-6,10,12-13,15H,7-9H2,1-2H3. The van der Waals surface area contributed by atoms with Gasteiger partial charge in [0.1, 0.15) is 0 Å². The topological polar surface area (TPSA) is 24.9 Å². The SMILES string of the molecule is CC(C)C1CC(NCc2ccncc2)C1. The molecule has 1 saturated carbocycles. The second-order valence-electron chi connectivity index (χ2n) is 4.91. The van der Waals surface area contributed by atoms with Gasteiger partial charge in [-0.3, -0.25) is 4.98 Å². The van der Waals surface area contributed by atoms with Crippen molar-refractivity contribution in [1.82, 2.24) is 10.3 Å². The fraction of sp³-hybridized carbons (Fsp3) is 0.615. The molecule has 0 atom stereocenters.